The van der Waals surface area contributed by atoms with Crippen LogP contribution in [0.1, 0.15) is 27.9 Å². The summed E-state index contributed by atoms with van der Waals surface area (Å²) in [6, 6.07) is 18.4. The average Bonchev–Trinajstić information content (AvgIpc) is 3.35. The zero-order valence-corrected chi connectivity index (χ0v) is 18.5. The summed E-state index contributed by atoms with van der Waals surface area (Å²) < 4.78 is 15.0. The number of rotatable bonds is 8. The van der Waals surface area contributed by atoms with Crippen molar-refractivity contribution in [1.82, 2.24) is 20.0 Å². The number of nitrogens with one attached hydrogen (secondary N) is 1. The quantitative estimate of drug-likeness (QED) is 0.432. The summed E-state index contributed by atoms with van der Waals surface area (Å²) in [5.41, 5.74) is 2.88. The lowest BCUT2D eigenvalue weighted by molar-refractivity contribution is 0.0952. The summed E-state index contributed by atoms with van der Waals surface area (Å²) in [5.74, 6) is -0.370. The molecule has 2 aromatic carbocycles. The molecule has 5 nitrogen and oxygen atoms in total. The van der Waals surface area contributed by atoms with Crippen molar-refractivity contribution in [2.24, 2.45) is 0 Å². The number of benzene rings is 2. The topological polar surface area (TPSA) is 50.2 Å². The van der Waals surface area contributed by atoms with Crippen LogP contribution in [0.15, 0.2) is 60.7 Å². The number of aromatic nitrogens is 2. The smallest absolute Gasteiger partial charge is 0.261 e. The lowest BCUT2D eigenvalue weighted by Gasteiger charge is -2.20. The first kappa shape index (κ1) is 21.2. The summed E-state index contributed by atoms with van der Waals surface area (Å²) in [6.07, 6.45) is 0. The Labute approximate surface area is 185 Å². The number of hydrogen-bond donors (Lipinski definition) is 1. The number of hydrogen-bond acceptors (Lipinski definition) is 4. The summed E-state index contributed by atoms with van der Waals surface area (Å²) >= 11 is 1.40. The van der Waals surface area contributed by atoms with Gasteiger partial charge in [-0.25, -0.2) is 9.07 Å². The van der Waals surface area contributed by atoms with Crippen LogP contribution in [-0.4, -0.2) is 40.2 Å². The van der Waals surface area contributed by atoms with Gasteiger partial charge in [-0.2, -0.15) is 5.10 Å². The van der Waals surface area contributed by atoms with Gasteiger partial charge in [0.15, 0.2) is 0 Å². The third-order valence-electron chi connectivity index (χ3n) is 5.25. The molecule has 160 valence electrons. The van der Waals surface area contributed by atoms with Crippen LogP contribution in [0.5, 0.6) is 0 Å². The van der Waals surface area contributed by atoms with Crippen molar-refractivity contribution in [3.8, 4) is 5.69 Å². The molecule has 0 atom stereocenters. The molecule has 0 fully saturated rings. The van der Waals surface area contributed by atoms with Crippen LogP contribution in [-0.2, 0) is 6.54 Å². The van der Waals surface area contributed by atoms with Crippen molar-refractivity contribution in [2.45, 2.75) is 20.4 Å². The van der Waals surface area contributed by atoms with Gasteiger partial charge in [-0.15, -0.1) is 11.3 Å². The molecule has 2 aromatic heterocycles. The Morgan fingerprint density at radius 2 is 1.90 bits per heavy atom. The molecule has 0 aliphatic carbocycles. The molecule has 4 rings (SSSR count). The Bertz CT molecular complexity index is 1170. The molecule has 2 heterocycles. The highest BCUT2D eigenvalue weighted by Crippen LogP contribution is 2.30. The minimum absolute atomic E-state index is 0.0815. The Kier molecular flexibility index (Phi) is 6.44. The second kappa shape index (κ2) is 9.41. The third-order valence-corrected chi connectivity index (χ3v) is 6.36. The normalized spacial score (nSPS) is 11.4. The second-order valence-corrected chi connectivity index (χ2v) is 8.44. The highest BCUT2D eigenvalue weighted by Gasteiger charge is 2.17. The Morgan fingerprint density at radius 3 is 2.61 bits per heavy atom. The van der Waals surface area contributed by atoms with Crippen LogP contribution < -0.4 is 5.32 Å². The van der Waals surface area contributed by atoms with E-state index in [-0.39, 0.29) is 11.7 Å². The van der Waals surface area contributed by atoms with E-state index in [0.717, 1.165) is 41.2 Å². The van der Waals surface area contributed by atoms with Crippen LogP contribution in [0, 0.1) is 12.7 Å². The van der Waals surface area contributed by atoms with Gasteiger partial charge < -0.3 is 5.32 Å². The lowest BCUT2D eigenvalue weighted by Crippen LogP contribution is -2.34. The van der Waals surface area contributed by atoms with Crippen molar-refractivity contribution < 1.29 is 9.18 Å². The minimum atomic E-state index is -0.288. The van der Waals surface area contributed by atoms with E-state index < -0.39 is 0 Å². The van der Waals surface area contributed by atoms with Crippen LogP contribution in [0.4, 0.5) is 4.39 Å². The third kappa shape index (κ3) is 4.84. The number of nitrogens with zero attached hydrogens (tertiary/aromatic N) is 3. The molecule has 0 saturated heterocycles. The van der Waals surface area contributed by atoms with Crippen molar-refractivity contribution in [2.75, 3.05) is 19.6 Å². The largest absolute Gasteiger partial charge is 0.350 e. The predicted octanol–water partition coefficient (Wildman–Crippen LogP) is 4.79. The number of amides is 1. The Hall–Kier alpha value is -3.03. The molecule has 0 aliphatic heterocycles. The summed E-state index contributed by atoms with van der Waals surface area (Å²) in [5, 5.41) is 8.53. The van der Waals surface area contributed by atoms with E-state index in [2.05, 4.69) is 34.4 Å². The molecule has 1 N–H and O–H groups in total. The fraction of sp³-hybridized carbons (Fsp3) is 0.250. The van der Waals surface area contributed by atoms with E-state index in [4.69, 9.17) is 0 Å². The number of fused-ring (bicyclic) bond motifs is 1. The zero-order valence-electron chi connectivity index (χ0n) is 17.6. The second-order valence-electron chi connectivity index (χ2n) is 7.41. The van der Waals surface area contributed by atoms with E-state index >= 15 is 0 Å². The first-order valence-corrected chi connectivity index (χ1v) is 11.2. The first-order valence-electron chi connectivity index (χ1n) is 10.3. The van der Waals surface area contributed by atoms with E-state index in [1.54, 1.807) is 16.8 Å². The molecular formula is C24H25FN4OS. The van der Waals surface area contributed by atoms with Gasteiger partial charge in [0.25, 0.3) is 5.91 Å². The fourth-order valence-electron chi connectivity index (χ4n) is 3.52. The monoisotopic (exact) mass is 436 g/mol. The zero-order chi connectivity index (χ0) is 21.8. The average molecular weight is 437 g/mol. The molecule has 4 aromatic rings. The standard InChI is InChI=1S/C24H25FN4OS/c1-3-28(16-18-7-5-4-6-8-18)14-13-26-23(30)22-15-21-17(2)27-29(24(21)31-22)20-11-9-19(25)10-12-20/h4-12,15H,3,13-14,16H2,1-2H3,(H,26,30). The summed E-state index contributed by atoms with van der Waals surface area (Å²) in [4.78, 5) is 16.6. The maximum absolute atomic E-state index is 13.3. The Morgan fingerprint density at radius 1 is 1.16 bits per heavy atom. The van der Waals surface area contributed by atoms with Crippen LogP contribution in [0.2, 0.25) is 0 Å². The van der Waals surface area contributed by atoms with Crippen molar-refractivity contribution in [3.63, 3.8) is 0 Å². The molecule has 1 amide bonds. The molecule has 7 heteroatoms. The van der Waals surface area contributed by atoms with Gasteiger partial charge in [0.2, 0.25) is 0 Å². The maximum Gasteiger partial charge on any atom is 0.261 e. The van der Waals surface area contributed by atoms with Crippen LogP contribution in [0.25, 0.3) is 15.9 Å². The molecule has 31 heavy (non-hydrogen) atoms. The van der Waals surface area contributed by atoms with E-state index in [9.17, 15) is 9.18 Å². The van der Waals surface area contributed by atoms with E-state index in [1.165, 1.54) is 29.0 Å². The summed E-state index contributed by atoms with van der Waals surface area (Å²) in [6.45, 7) is 7.19. The SMILES string of the molecule is CCN(CCNC(=O)c1cc2c(C)nn(-c3ccc(F)cc3)c2s1)Cc1ccccc1. The van der Waals surface area contributed by atoms with Gasteiger partial charge in [0, 0.05) is 25.0 Å². The van der Waals surface area contributed by atoms with Gasteiger partial charge >= 0.3 is 0 Å². The molecule has 0 radical (unpaired) electrons. The number of likely N-dealkylation sites (N-methyl/N-ethyl adjacent to an activating group) is 1. The molecule has 0 aliphatic rings. The number of aryl methyl sites for hydroxylation is 1. The highest BCUT2D eigenvalue weighted by molar-refractivity contribution is 7.20. The van der Waals surface area contributed by atoms with Gasteiger partial charge in [0.05, 0.1) is 16.3 Å². The van der Waals surface area contributed by atoms with Crippen molar-refractivity contribution in [3.05, 3.63) is 82.6 Å². The molecule has 0 spiro atoms. The predicted molar refractivity (Wildman–Crippen MR) is 123 cm³/mol. The number of carbonyl (C=O) groups is 1. The molecule has 0 unspecified atom stereocenters. The number of halogens is 1. The molecule has 0 saturated carbocycles. The summed E-state index contributed by atoms with van der Waals surface area (Å²) in [7, 11) is 0. The lowest BCUT2D eigenvalue weighted by atomic mass is 10.2. The van der Waals surface area contributed by atoms with Crippen LogP contribution in [0.3, 0.4) is 0 Å². The van der Waals surface area contributed by atoms with Gasteiger partial charge in [0.1, 0.15) is 10.6 Å². The minimum Gasteiger partial charge on any atom is -0.350 e. The van der Waals surface area contributed by atoms with E-state index in [1.807, 2.05) is 31.2 Å². The van der Waals surface area contributed by atoms with E-state index in [0.29, 0.717) is 11.4 Å². The maximum atomic E-state index is 13.3. The Balaban J connectivity index is 1.42. The van der Waals surface area contributed by atoms with Gasteiger partial charge in [-0.3, -0.25) is 9.69 Å². The first-order chi connectivity index (χ1) is 15.0. The number of thiophene rings is 1. The molecular weight excluding hydrogens is 411 g/mol. The van der Waals surface area contributed by atoms with Gasteiger partial charge in [-0.05, 0) is 49.4 Å². The highest BCUT2D eigenvalue weighted by atomic mass is 32.1. The van der Waals surface area contributed by atoms with Gasteiger partial charge in [-0.1, -0.05) is 37.3 Å². The molecule has 0 bridgehead atoms. The van der Waals surface area contributed by atoms with Crippen molar-refractivity contribution in [1.29, 1.82) is 0 Å². The number of carbonyl (C=O) groups excluding carboxylic acids is 1. The van der Waals surface area contributed by atoms with Crippen molar-refractivity contribution >= 4 is 27.5 Å². The fourth-order valence-corrected chi connectivity index (χ4v) is 4.62. The van der Waals surface area contributed by atoms with Crippen LogP contribution >= 0.6 is 11.3 Å².